The largest absolute Gasteiger partial charge is 0.494 e. The molecule has 0 spiro atoms. The second-order valence-corrected chi connectivity index (χ2v) is 3.94. The summed E-state index contributed by atoms with van der Waals surface area (Å²) in [4.78, 5) is 11.0. The van der Waals surface area contributed by atoms with Crippen LogP contribution in [-0.4, -0.2) is 12.6 Å². The fourth-order valence-corrected chi connectivity index (χ4v) is 1.78. The van der Waals surface area contributed by atoms with Gasteiger partial charge in [0.15, 0.2) is 0 Å². The van der Waals surface area contributed by atoms with Crippen molar-refractivity contribution in [2.75, 3.05) is 6.61 Å². The molecule has 1 saturated heterocycles. The minimum absolute atomic E-state index is 0.0855. The van der Waals surface area contributed by atoms with Crippen LogP contribution in [0.3, 0.4) is 0 Å². The summed E-state index contributed by atoms with van der Waals surface area (Å²) >= 11 is 0. The van der Waals surface area contributed by atoms with Gasteiger partial charge >= 0.3 is 5.97 Å². The second-order valence-electron chi connectivity index (χ2n) is 3.94. The Balaban J connectivity index is 2.06. The van der Waals surface area contributed by atoms with Gasteiger partial charge in [-0.3, -0.25) is 4.79 Å². The summed E-state index contributed by atoms with van der Waals surface area (Å²) in [5.41, 5.74) is 1.03. The van der Waals surface area contributed by atoms with Gasteiger partial charge in [-0.15, -0.1) is 0 Å². The molecule has 1 heterocycles. The van der Waals surface area contributed by atoms with E-state index in [2.05, 4.69) is 6.92 Å². The minimum atomic E-state index is -0.107. The first-order valence-corrected chi connectivity index (χ1v) is 5.72. The zero-order valence-electron chi connectivity index (χ0n) is 9.44. The highest BCUT2D eigenvalue weighted by Gasteiger charge is 2.24. The van der Waals surface area contributed by atoms with Crippen molar-refractivity contribution < 1.29 is 14.3 Å². The van der Waals surface area contributed by atoms with Gasteiger partial charge in [0.25, 0.3) is 0 Å². The number of ether oxygens (including phenoxy) is 2. The van der Waals surface area contributed by atoms with Crippen molar-refractivity contribution in [2.24, 2.45) is 0 Å². The van der Waals surface area contributed by atoms with Crippen LogP contribution in [0.2, 0.25) is 0 Å². The fraction of sp³-hybridized carbons (Fsp3) is 0.462. The van der Waals surface area contributed by atoms with Gasteiger partial charge in [-0.2, -0.15) is 0 Å². The van der Waals surface area contributed by atoms with Crippen LogP contribution in [0.15, 0.2) is 24.3 Å². The number of cyclic esters (lactones) is 1. The Hall–Kier alpha value is -1.51. The van der Waals surface area contributed by atoms with Gasteiger partial charge in [-0.05, 0) is 30.5 Å². The van der Waals surface area contributed by atoms with Gasteiger partial charge in [0, 0.05) is 6.42 Å². The molecule has 1 aromatic rings. The first-order chi connectivity index (χ1) is 7.79. The molecule has 0 amide bonds. The molecule has 1 atom stereocenters. The normalized spacial score (nSPS) is 19.6. The zero-order chi connectivity index (χ0) is 11.4. The van der Waals surface area contributed by atoms with Crippen LogP contribution in [0, 0.1) is 0 Å². The average molecular weight is 220 g/mol. The molecule has 16 heavy (non-hydrogen) atoms. The van der Waals surface area contributed by atoms with E-state index in [0.717, 1.165) is 24.2 Å². The van der Waals surface area contributed by atoms with E-state index in [-0.39, 0.29) is 12.1 Å². The van der Waals surface area contributed by atoms with Gasteiger partial charge in [0.2, 0.25) is 0 Å². The molecule has 0 N–H and O–H groups in total. The maximum absolute atomic E-state index is 11.0. The number of carbonyl (C=O) groups is 1. The number of rotatable bonds is 4. The lowest BCUT2D eigenvalue weighted by molar-refractivity contribution is -0.141. The van der Waals surface area contributed by atoms with E-state index in [4.69, 9.17) is 9.47 Å². The Morgan fingerprint density at radius 2 is 2.38 bits per heavy atom. The van der Waals surface area contributed by atoms with Crippen molar-refractivity contribution in [3.63, 3.8) is 0 Å². The summed E-state index contributed by atoms with van der Waals surface area (Å²) in [6.45, 7) is 2.79. The summed E-state index contributed by atoms with van der Waals surface area (Å²) in [7, 11) is 0. The first kappa shape index (κ1) is 11.0. The molecule has 3 heteroatoms. The standard InChI is InChI=1S/C13H16O3/c1-2-8-15-11-5-3-4-10(9-11)12-6-7-13(14)16-12/h3-5,9,12H,2,6-8H2,1H3. The lowest BCUT2D eigenvalue weighted by Crippen LogP contribution is -2.00. The highest BCUT2D eigenvalue weighted by molar-refractivity contribution is 5.71. The molecule has 0 aromatic heterocycles. The fourth-order valence-electron chi connectivity index (χ4n) is 1.78. The summed E-state index contributed by atoms with van der Waals surface area (Å²) in [6.07, 6.45) is 2.20. The summed E-state index contributed by atoms with van der Waals surface area (Å²) < 4.78 is 10.8. The molecule has 3 nitrogen and oxygen atoms in total. The van der Waals surface area contributed by atoms with E-state index in [0.29, 0.717) is 13.0 Å². The van der Waals surface area contributed by atoms with E-state index in [9.17, 15) is 4.79 Å². The SMILES string of the molecule is CCCOc1cccc(C2CCC(=O)O2)c1. The number of carbonyl (C=O) groups excluding carboxylic acids is 1. The average Bonchev–Trinajstić information content (AvgIpc) is 2.74. The topological polar surface area (TPSA) is 35.5 Å². The quantitative estimate of drug-likeness (QED) is 0.732. The lowest BCUT2D eigenvalue weighted by atomic mass is 10.1. The van der Waals surface area contributed by atoms with Crippen molar-refractivity contribution >= 4 is 5.97 Å². The van der Waals surface area contributed by atoms with Crippen molar-refractivity contribution in [1.29, 1.82) is 0 Å². The summed E-state index contributed by atoms with van der Waals surface area (Å²) in [5.74, 6) is 0.743. The highest BCUT2D eigenvalue weighted by atomic mass is 16.5. The third-order valence-electron chi connectivity index (χ3n) is 2.59. The Morgan fingerprint density at radius 1 is 1.50 bits per heavy atom. The predicted octanol–water partition coefficient (Wildman–Crippen LogP) is 2.85. The third kappa shape index (κ3) is 2.54. The number of hydrogen-bond donors (Lipinski definition) is 0. The molecule has 86 valence electrons. The maximum atomic E-state index is 11.0. The molecular formula is C13H16O3. The Labute approximate surface area is 95.4 Å². The Kier molecular flexibility index (Phi) is 3.44. The van der Waals surface area contributed by atoms with E-state index < -0.39 is 0 Å². The van der Waals surface area contributed by atoms with E-state index in [1.165, 1.54) is 0 Å². The number of esters is 1. The van der Waals surface area contributed by atoms with E-state index >= 15 is 0 Å². The van der Waals surface area contributed by atoms with Crippen molar-refractivity contribution in [3.05, 3.63) is 29.8 Å². The molecular weight excluding hydrogens is 204 g/mol. The summed E-state index contributed by atoms with van der Waals surface area (Å²) in [5, 5.41) is 0. The Bertz CT molecular complexity index is 373. The van der Waals surface area contributed by atoms with Gasteiger partial charge in [-0.25, -0.2) is 0 Å². The van der Waals surface area contributed by atoms with Crippen molar-refractivity contribution in [3.8, 4) is 5.75 Å². The minimum Gasteiger partial charge on any atom is -0.494 e. The second kappa shape index (κ2) is 5.01. The van der Waals surface area contributed by atoms with Crippen LogP contribution < -0.4 is 4.74 Å². The van der Waals surface area contributed by atoms with Crippen LogP contribution in [0.1, 0.15) is 37.9 Å². The molecule has 1 unspecified atom stereocenters. The van der Waals surface area contributed by atoms with E-state index in [1.54, 1.807) is 0 Å². The molecule has 1 aromatic carbocycles. The van der Waals surface area contributed by atoms with Crippen LogP contribution >= 0.6 is 0 Å². The summed E-state index contributed by atoms with van der Waals surface area (Å²) in [6, 6.07) is 7.80. The van der Waals surface area contributed by atoms with Crippen molar-refractivity contribution in [1.82, 2.24) is 0 Å². The third-order valence-corrected chi connectivity index (χ3v) is 2.59. The Morgan fingerprint density at radius 3 is 3.06 bits per heavy atom. The van der Waals surface area contributed by atoms with Crippen LogP contribution in [0.5, 0.6) is 5.75 Å². The molecule has 0 radical (unpaired) electrons. The van der Waals surface area contributed by atoms with Gasteiger partial charge < -0.3 is 9.47 Å². The van der Waals surface area contributed by atoms with Crippen LogP contribution in [-0.2, 0) is 9.53 Å². The van der Waals surface area contributed by atoms with Gasteiger partial charge in [0.1, 0.15) is 11.9 Å². The van der Waals surface area contributed by atoms with Crippen molar-refractivity contribution in [2.45, 2.75) is 32.3 Å². The monoisotopic (exact) mass is 220 g/mol. The van der Waals surface area contributed by atoms with Crippen LogP contribution in [0.25, 0.3) is 0 Å². The smallest absolute Gasteiger partial charge is 0.306 e. The molecule has 1 aliphatic heterocycles. The van der Waals surface area contributed by atoms with Gasteiger partial charge in [0.05, 0.1) is 6.61 Å². The molecule has 1 aliphatic rings. The predicted molar refractivity (Wildman–Crippen MR) is 60.3 cm³/mol. The molecule has 0 aliphatic carbocycles. The zero-order valence-corrected chi connectivity index (χ0v) is 9.44. The number of benzene rings is 1. The highest BCUT2D eigenvalue weighted by Crippen LogP contribution is 2.31. The lowest BCUT2D eigenvalue weighted by Gasteiger charge is -2.11. The maximum Gasteiger partial charge on any atom is 0.306 e. The molecule has 0 bridgehead atoms. The number of hydrogen-bond acceptors (Lipinski definition) is 3. The van der Waals surface area contributed by atoms with Crippen LogP contribution in [0.4, 0.5) is 0 Å². The van der Waals surface area contributed by atoms with E-state index in [1.807, 2.05) is 24.3 Å². The molecule has 2 rings (SSSR count). The molecule has 0 saturated carbocycles. The first-order valence-electron chi connectivity index (χ1n) is 5.72. The molecule has 1 fully saturated rings. The van der Waals surface area contributed by atoms with Gasteiger partial charge in [-0.1, -0.05) is 19.1 Å².